The fourth-order valence-electron chi connectivity index (χ4n) is 1.93. The van der Waals surface area contributed by atoms with Crippen molar-refractivity contribution in [3.63, 3.8) is 0 Å². The Morgan fingerprint density at radius 1 is 1.32 bits per heavy atom. The van der Waals surface area contributed by atoms with Gasteiger partial charge in [-0.3, -0.25) is 9.78 Å². The minimum Gasteiger partial charge on any atom is -0.348 e. The number of nitrogens with one attached hydrogen (secondary N) is 1. The van der Waals surface area contributed by atoms with Crippen molar-refractivity contribution in [1.29, 1.82) is 0 Å². The van der Waals surface area contributed by atoms with E-state index >= 15 is 0 Å². The number of carbonyl (C=O) groups is 1. The summed E-state index contributed by atoms with van der Waals surface area (Å²) in [5.74, 6) is 0.126. The van der Waals surface area contributed by atoms with E-state index in [4.69, 9.17) is 0 Å². The van der Waals surface area contributed by atoms with Gasteiger partial charge in [0.1, 0.15) is 0 Å². The summed E-state index contributed by atoms with van der Waals surface area (Å²) in [5.41, 5.74) is 2.05. The highest BCUT2D eigenvalue weighted by molar-refractivity contribution is 5.78. The van der Waals surface area contributed by atoms with Crippen molar-refractivity contribution in [2.45, 2.75) is 19.8 Å². The first-order chi connectivity index (χ1) is 9.29. The van der Waals surface area contributed by atoms with Gasteiger partial charge in [0, 0.05) is 37.4 Å². The molecule has 0 aromatic carbocycles. The molecule has 1 amide bonds. The average Bonchev–Trinajstić information content (AvgIpc) is 2.93. The molecule has 0 spiro atoms. The first kappa shape index (κ1) is 13.3. The maximum Gasteiger partial charge on any atom is 0.228 e. The maximum absolute atomic E-state index is 12.1. The Kier molecular flexibility index (Phi) is 4.66. The molecule has 100 valence electrons. The van der Waals surface area contributed by atoms with Gasteiger partial charge >= 0.3 is 0 Å². The third-order valence-electron chi connectivity index (χ3n) is 3.05. The summed E-state index contributed by atoms with van der Waals surface area (Å²) >= 11 is 0. The molecule has 0 aliphatic rings. The molecule has 1 N–H and O–H groups in total. The van der Waals surface area contributed by atoms with Gasteiger partial charge in [0.25, 0.3) is 0 Å². The van der Waals surface area contributed by atoms with Crippen LogP contribution in [0.3, 0.4) is 0 Å². The van der Waals surface area contributed by atoms with Crippen LogP contribution in [0.5, 0.6) is 0 Å². The molecule has 19 heavy (non-hydrogen) atoms. The number of likely N-dealkylation sites (N-methyl/N-ethyl adjacent to an activating group) is 1. The van der Waals surface area contributed by atoms with Crippen molar-refractivity contribution in [2.75, 3.05) is 13.1 Å². The summed E-state index contributed by atoms with van der Waals surface area (Å²) in [6.45, 7) is 3.45. The molecule has 5 heteroatoms. The van der Waals surface area contributed by atoms with Crippen molar-refractivity contribution in [3.05, 3.63) is 48.3 Å². The van der Waals surface area contributed by atoms with E-state index in [0.29, 0.717) is 6.42 Å². The first-order valence-corrected chi connectivity index (χ1v) is 6.43. The van der Waals surface area contributed by atoms with E-state index in [2.05, 4.69) is 15.0 Å². The number of rotatable bonds is 6. The number of nitrogens with zero attached hydrogens (tertiary/aromatic N) is 3. The molecule has 0 bridgehead atoms. The Morgan fingerprint density at radius 2 is 2.11 bits per heavy atom. The lowest BCUT2D eigenvalue weighted by Gasteiger charge is -2.20. The van der Waals surface area contributed by atoms with Crippen molar-refractivity contribution in [1.82, 2.24) is 19.9 Å². The monoisotopic (exact) mass is 258 g/mol. The van der Waals surface area contributed by atoms with Gasteiger partial charge in [-0.15, -0.1) is 0 Å². The van der Waals surface area contributed by atoms with Gasteiger partial charge in [-0.1, -0.05) is 0 Å². The van der Waals surface area contributed by atoms with Crippen LogP contribution >= 0.6 is 0 Å². The Bertz CT molecular complexity index is 495. The molecule has 2 aromatic rings. The van der Waals surface area contributed by atoms with E-state index in [0.717, 1.165) is 25.2 Å². The number of carbonyl (C=O) groups excluding carboxylic acids is 1. The van der Waals surface area contributed by atoms with Crippen molar-refractivity contribution in [2.24, 2.45) is 0 Å². The summed E-state index contributed by atoms with van der Waals surface area (Å²) < 4.78 is 0. The second kappa shape index (κ2) is 6.68. The predicted molar refractivity (Wildman–Crippen MR) is 72.5 cm³/mol. The Morgan fingerprint density at radius 3 is 2.74 bits per heavy atom. The van der Waals surface area contributed by atoms with Crippen LogP contribution in [0.2, 0.25) is 0 Å². The molecule has 0 aliphatic heterocycles. The number of imidazole rings is 1. The minimum atomic E-state index is 0.126. The molecule has 0 aliphatic carbocycles. The lowest BCUT2D eigenvalue weighted by atomic mass is 10.2. The van der Waals surface area contributed by atoms with Crippen molar-refractivity contribution in [3.8, 4) is 0 Å². The summed E-state index contributed by atoms with van der Waals surface area (Å²) in [5, 5.41) is 0. The average molecular weight is 258 g/mol. The third-order valence-corrected chi connectivity index (χ3v) is 3.05. The zero-order valence-electron chi connectivity index (χ0n) is 11.0. The molecular weight excluding hydrogens is 240 g/mol. The molecule has 2 heterocycles. The highest BCUT2D eigenvalue weighted by Crippen LogP contribution is 2.03. The van der Waals surface area contributed by atoms with Gasteiger partial charge in [0.15, 0.2) is 0 Å². The Labute approximate surface area is 112 Å². The molecule has 0 atom stereocenters. The number of aromatic nitrogens is 3. The number of hydrogen-bond acceptors (Lipinski definition) is 3. The normalized spacial score (nSPS) is 10.4. The second-order valence-electron chi connectivity index (χ2n) is 4.33. The third kappa shape index (κ3) is 3.91. The van der Waals surface area contributed by atoms with Crippen molar-refractivity contribution < 1.29 is 4.79 Å². The maximum atomic E-state index is 12.1. The molecule has 0 fully saturated rings. The number of amides is 1. The Balaban J connectivity index is 1.87. The van der Waals surface area contributed by atoms with Crippen LogP contribution in [-0.2, 0) is 17.6 Å². The van der Waals surface area contributed by atoms with E-state index in [1.807, 2.05) is 24.0 Å². The lowest BCUT2D eigenvalue weighted by Crippen LogP contribution is -2.34. The smallest absolute Gasteiger partial charge is 0.228 e. The zero-order chi connectivity index (χ0) is 13.5. The SMILES string of the molecule is CCN(CCc1ccncc1)C(=O)Cc1cnc[nH]1. The molecule has 0 saturated heterocycles. The van der Waals surface area contributed by atoms with Gasteiger partial charge in [-0.2, -0.15) is 0 Å². The van der Waals surface area contributed by atoms with Crippen LogP contribution in [0.4, 0.5) is 0 Å². The molecular formula is C14H18N4O. The van der Waals surface area contributed by atoms with Gasteiger partial charge in [-0.25, -0.2) is 4.98 Å². The Hall–Kier alpha value is -2.17. The van der Waals surface area contributed by atoms with Gasteiger partial charge in [0.2, 0.25) is 5.91 Å². The van der Waals surface area contributed by atoms with Crippen LogP contribution in [0.15, 0.2) is 37.1 Å². The molecule has 0 saturated carbocycles. The van der Waals surface area contributed by atoms with Crippen LogP contribution in [0, 0.1) is 0 Å². The fraction of sp³-hybridized carbons (Fsp3) is 0.357. The zero-order valence-corrected chi connectivity index (χ0v) is 11.0. The minimum absolute atomic E-state index is 0.126. The molecule has 2 rings (SSSR count). The van der Waals surface area contributed by atoms with E-state index in [-0.39, 0.29) is 5.91 Å². The number of H-pyrrole nitrogens is 1. The standard InChI is InChI=1S/C14H18N4O/c1-2-18(8-5-12-3-6-15-7-4-12)14(19)9-13-10-16-11-17-13/h3-4,6-7,10-11H,2,5,8-9H2,1H3,(H,16,17). The molecule has 0 radical (unpaired) electrons. The number of hydrogen-bond donors (Lipinski definition) is 1. The van der Waals surface area contributed by atoms with Crippen molar-refractivity contribution >= 4 is 5.91 Å². The summed E-state index contributed by atoms with van der Waals surface area (Å²) in [6, 6.07) is 3.96. The van der Waals surface area contributed by atoms with E-state index < -0.39 is 0 Å². The lowest BCUT2D eigenvalue weighted by molar-refractivity contribution is -0.130. The first-order valence-electron chi connectivity index (χ1n) is 6.43. The highest BCUT2D eigenvalue weighted by atomic mass is 16.2. The van der Waals surface area contributed by atoms with Crippen LogP contribution in [0.25, 0.3) is 0 Å². The number of aromatic amines is 1. The van der Waals surface area contributed by atoms with Gasteiger partial charge in [0.05, 0.1) is 12.7 Å². The summed E-state index contributed by atoms with van der Waals surface area (Å²) in [6.07, 6.45) is 8.07. The van der Waals surface area contributed by atoms with Crippen LogP contribution in [-0.4, -0.2) is 38.8 Å². The van der Waals surface area contributed by atoms with Crippen LogP contribution < -0.4 is 0 Å². The van der Waals surface area contributed by atoms with Crippen LogP contribution in [0.1, 0.15) is 18.2 Å². The van der Waals surface area contributed by atoms with E-state index in [1.165, 1.54) is 5.56 Å². The van der Waals surface area contributed by atoms with Gasteiger partial charge in [-0.05, 0) is 31.0 Å². The van der Waals surface area contributed by atoms with E-state index in [1.54, 1.807) is 24.9 Å². The molecule has 5 nitrogen and oxygen atoms in total. The highest BCUT2D eigenvalue weighted by Gasteiger charge is 2.12. The quantitative estimate of drug-likeness (QED) is 0.852. The molecule has 2 aromatic heterocycles. The predicted octanol–water partition coefficient (Wildman–Crippen LogP) is 1.44. The second-order valence-corrected chi connectivity index (χ2v) is 4.33. The topological polar surface area (TPSA) is 61.9 Å². The summed E-state index contributed by atoms with van der Waals surface area (Å²) in [7, 11) is 0. The van der Waals surface area contributed by atoms with E-state index in [9.17, 15) is 4.79 Å². The van der Waals surface area contributed by atoms with Gasteiger partial charge < -0.3 is 9.88 Å². The largest absolute Gasteiger partial charge is 0.348 e. The number of pyridine rings is 1. The fourth-order valence-corrected chi connectivity index (χ4v) is 1.93. The molecule has 0 unspecified atom stereocenters. The summed E-state index contributed by atoms with van der Waals surface area (Å²) in [4.78, 5) is 24.9.